The number of alkyl carbamates (subject to hydrolysis) is 1. The molecule has 14 heteroatoms. The van der Waals surface area contributed by atoms with Gasteiger partial charge >= 0.3 is 12.1 Å². The molecule has 1 heterocycles. The number of ether oxygens (including phenoxy) is 2. The van der Waals surface area contributed by atoms with E-state index in [0.29, 0.717) is 38.5 Å². The molecule has 0 saturated heterocycles. The molecule has 2 saturated carbocycles. The Kier molecular flexibility index (Phi) is 7.84. The minimum Gasteiger partial charge on any atom is -0.444 e. The fourth-order valence-corrected chi connectivity index (χ4v) is 4.21. The largest absolute Gasteiger partial charge is 0.444 e. The number of carbonyl (C=O) groups is 3. The predicted molar refractivity (Wildman–Crippen MR) is 123 cm³/mol. The second-order valence-corrected chi connectivity index (χ2v) is 10.5. The van der Waals surface area contributed by atoms with Gasteiger partial charge < -0.3 is 24.6 Å². The Morgan fingerprint density at radius 3 is 1.85 bits per heavy atom. The number of hydrogen-bond acceptors (Lipinski definition) is 7. The number of carbonyl (C=O) groups excluding carboxylic acids is 3. The van der Waals surface area contributed by atoms with Crippen molar-refractivity contribution in [2.45, 2.75) is 82.9 Å². The summed E-state index contributed by atoms with van der Waals surface area (Å²) in [7, 11) is 0. The van der Waals surface area contributed by atoms with E-state index in [9.17, 15) is 36.3 Å². The van der Waals surface area contributed by atoms with E-state index >= 15 is 0 Å². The summed E-state index contributed by atoms with van der Waals surface area (Å²) in [5.74, 6) is -16.3. The molecule has 212 valence electrons. The Hall–Kier alpha value is -3.71. The van der Waals surface area contributed by atoms with Crippen LogP contribution in [0.5, 0.6) is 5.75 Å². The summed E-state index contributed by atoms with van der Waals surface area (Å²) in [5, 5.41) is 9.10. The smallest absolute Gasteiger partial charge is 0.407 e. The number of halogens is 5. The topological polar surface area (TPSA) is 120 Å². The van der Waals surface area contributed by atoms with Crippen molar-refractivity contribution in [3.8, 4) is 5.75 Å². The Bertz CT molecular complexity index is 1270. The lowest BCUT2D eigenvalue weighted by Crippen LogP contribution is -2.45. The molecule has 2 amide bonds. The zero-order valence-corrected chi connectivity index (χ0v) is 21.3. The van der Waals surface area contributed by atoms with E-state index in [2.05, 4.69) is 20.5 Å². The van der Waals surface area contributed by atoms with Crippen LogP contribution in [0.3, 0.4) is 0 Å². The second kappa shape index (κ2) is 10.8. The highest BCUT2D eigenvalue weighted by atomic mass is 19.2. The lowest BCUT2D eigenvalue weighted by molar-refractivity contribution is 0.0487. The first-order valence-electron chi connectivity index (χ1n) is 12.3. The van der Waals surface area contributed by atoms with Gasteiger partial charge in [-0.2, -0.15) is 8.78 Å². The minimum absolute atomic E-state index is 0.0840. The van der Waals surface area contributed by atoms with E-state index < -0.39 is 69.7 Å². The molecule has 4 rings (SSSR count). The van der Waals surface area contributed by atoms with Gasteiger partial charge in [0.15, 0.2) is 11.5 Å². The van der Waals surface area contributed by atoms with E-state index in [1.807, 2.05) is 0 Å². The Balaban J connectivity index is 1.46. The summed E-state index contributed by atoms with van der Waals surface area (Å²) in [4.78, 5) is 37.9. The number of nitrogens with one attached hydrogen (secondary N) is 2. The number of hydrogen-bond donors (Lipinski definition) is 2. The molecule has 0 bridgehead atoms. The summed E-state index contributed by atoms with van der Waals surface area (Å²) in [6, 6.07) is -0.539. The summed E-state index contributed by atoms with van der Waals surface area (Å²) < 4.78 is 83.6. The van der Waals surface area contributed by atoms with Gasteiger partial charge in [-0.25, -0.2) is 22.8 Å². The van der Waals surface area contributed by atoms with Gasteiger partial charge in [0, 0.05) is 18.0 Å². The van der Waals surface area contributed by atoms with Crippen molar-refractivity contribution in [1.82, 2.24) is 15.8 Å². The Morgan fingerprint density at radius 1 is 0.821 bits per heavy atom. The second-order valence-electron chi connectivity index (χ2n) is 10.5. The van der Waals surface area contributed by atoms with Gasteiger partial charge in [0.25, 0.3) is 5.91 Å². The average molecular weight is 559 g/mol. The minimum atomic E-state index is -2.41. The van der Waals surface area contributed by atoms with Crippen molar-refractivity contribution in [2.24, 2.45) is 0 Å². The van der Waals surface area contributed by atoms with Crippen molar-refractivity contribution in [2.75, 3.05) is 0 Å². The molecule has 9 nitrogen and oxygen atoms in total. The quantitative estimate of drug-likeness (QED) is 0.167. The molecule has 0 spiro atoms. The van der Waals surface area contributed by atoms with Crippen molar-refractivity contribution < 1.29 is 50.3 Å². The van der Waals surface area contributed by atoms with Crippen LogP contribution in [0.1, 0.15) is 91.8 Å². The molecule has 0 aliphatic heterocycles. The number of amides is 2. The summed E-state index contributed by atoms with van der Waals surface area (Å²) >= 11 is 0. The molecule has 39 heavy (non-hydrogen) atoms. The zero-order chi connectivity index (χ0) is 28.6. The molecule has 0 atom stereocenters. The molecule has 2 aliphatic rings. The Labute approximate surface area is 219 Å². The molecule has 1 aromatic carbocycles. The maximum absolute atomic E-state index is 14.1. The Morgan fingerprint density at radius 2 is 1.33 bits per heavy atom. The standard InChI is InChI=1S/C25H26F5N3O6/c1-25(2,3)38-24(36)32-12-8-6-11(7-9-12)31-22(34)19-13(20(39-33-19)10-4-5-10)23(35)37-21-17(29)15(27)14(26)16(28)18(21)30/h10-12H,4-9H2,1-3H3,(H,31,34)(H,32,36)/t11-,12-. The molecule has 1 aromatic heterocycles. The van der Waals surface area contributed by atoms with E-state index in [0.717, 1.165) is 0 Å². The molecule has 0 unspecified atom stereocenters. The fraction of sp³-hybridized carbons (Fsp3) is 0.520. The number of benzene rings is 1. The fourth-order valence-electron chi connectivity index (χ4n) is 4.21. The number of rotatable bonds is 6. The third-order valence-electron chi connectivity index (χ3n) is 6.23. The van der Waals surface area contributed by atoms with Crippen LogP contribution in [-0.2, 0) is 4.74 Å². The number of aromatic nitrogens is 1. The molecule has 2 aromatic rings. The highest BCUT2D eigenvalue weighted by Crippen LogP contribution is 2.43. The van der Waals surface area contributed by atoms with Crippen molar-refractivity contribution in [3.05, 3.63) is 46.1 Å². The molecule has 2 N–H and O–H groups in total. The first kappa shape index (κ1) is 28.3. The summed E-state index contributed by atoms with van der Waals surface area (Å²) in [6.45, 7) is 5.22. The van der Waals surface area contributed by atoms with Gasteiger partial charge in [0.1, 0.15) is 11.2 Å². The van der Waals surface area contributed by atoms with Crippen LogP contribution >= 0.6 is 0 Å². The summed E-state index contributed by atoms with van der Waals surface area (Å²) in [6.07, 6.45) is 2.54. The summed E-state index contributed by atoms with van der Waals surface area (Å²) in [5.41, 5.74) is -1.75. The molecular weight excluding hydrogens is 533 g/mol. The first-order chi connectivity index (χ1) is 18.3. The van der Waals surface area contributed by atoms with Crippen LogP contribution in [0, 0.1) is 29.1 Å². The van der Waals surface area contributed by atoms with Gasteiger partial charge in [-0.05, 0) is 59.3 Å². The van der Waals surface area contributed by atoms with E-state index in [1.165, 1.54) is 0 Å². The van der Waals surface area contributed by atoms with Gasteiger partial charge in [0.2, 0.25) is 34.8 Å². The van der Waals surface area contributed by atoms with Crippen LogP contribution in [0.25, 0.3) is 0 Å². The highest BCUT2D eigenvalue weighted by Gasteiger charge is 2.39. The normalized spacial score (nSPS) is 19.4. The predicted octanol–water partition coefficient (Wildman–Crippen LogP) is 5.03. The highest BCUT2D eigenvalue weighted by molar-refractivity contribution is 6.05. The maximum Gasteiger partial charge on any atom is 0.407 e. The third-order valence-corrected chi connectivity index (χ3v) is 6.23. The number of nitrogens with zero attached hydrogens (tertiary/aromatic N) is 1. The average Bonchev–Trinajstić information content (AvgIpc) is 3.61. The van der Waals surface area contributed by atoms with E-state index in [1.54, 1.807) is 20.8 Å². The van der Waals surface area contributed by atoms with E-state index in [-0.39, 0.29) is 23.8 Å². The van der Waals surface area contributed by atoms with Crippen LogP contribution in [-0.4, -0.2) is 40.8 Å². The van der Waals surface area contributed by atoms with Gasteiger partial charge in [-0.3, -0.25) is 4.79 Å². The maximum atomic E-state index is 14.1. The molecule has 2 fully saturated rings. The van der Waals surface area contributed by atoms with Crippen LogP contribution in [0.4, 0.5) is 26.7 Å². The van der Waals surface area contributed by atoms with Crippen LogP contribution in [0.2, 0.25) is 0 Å². The number of esters is 1. The molecule has 0 radical (unpaired) electrons. The lowest BCUT2D eigenvalue weighted by atomic mass is 9.91. The monoisotopic (exact) mass is 559 g/mol. The first-order valence-corrected chi connectivity index (χ1v) is 12.3. The van der Waals surface area contributed by atoms with Crippen LogP contribution < -0.4 is 15.4 Å². The van der Waals surface area contributed by atoms with E-state index in [4.69, 9.17) is 9.26 Å². The molecule has 2 aliphatic carbocycles. The van der Waals surface area contributed by atoms with Crippen molar-refractivity contribution in [1.29, 1.82) is 0 Å². The zero-order valence-electron chi connectivity index (χ0n) is 21.3. The molecular formula is C25H26F5N3O6. The SMILES string of the molecule is CC(C)(C)OC(=O)N[C@H]1CC[C@H](NC(=O)c2noc(C3CC3)c2C(=O)Oc2c(F)c(F)c(F)c(F)c2F)CC1. The van der Waals surface area contributed by atoms with Gasteiger partial charge in [-0.15, -0.1) is 0 Å². The van der Waals surface area contributed by atoms with Crippen LogP contribution in [0.15, 0.2) is 4.52 Å². The van der Waals surface area contributed by atoms with Gasteiger partial charge in [0.05, 0.1) is 0 Å². The van der Waals surface area contributed by atoms with Crippen molar-refractivity contribution in [3.63, 3.8) is 0 Å². The third kappa shape index (κ3) is 6.31. The lowest BCUT2D eigenvalue weighted by Gasteiger charge is -2.30. The van der Waals surface area contributed by atoms with Crippen molar-refractivity contribution >= 4 is 18.0 Å². The van der Waals surface area contributed by atoms with Gasteiger partial charge in [-0.1, -0.05) is 5.16 Å².